The molecule has 1 saturated heterocycles. The van der Waals surface area contributed by atoms with Gasteiger partial charge in [0.15, 0.2) is 5.65 Å². The van der Waals surface area contributed by atoms with Gasteiger partial charge in [-0.25, -0.2) is 13.9 Å². The number of carbonyl (C=O) groups is 1. The third-order valence-electron chi connectivity index (χ3n) is 4.90. The summed E-state index contributed by atoms with van der Waals surface area (Å²) < 4.78 is 20.2. The van der Waals surface area contributed by atoms with E-state index in [1.807, 2.05) is 4.90 Å². The molecule has 140 valence electrons. The molecule has 0 saturated carbocycles. The first-order valence-corrected chi connectivity index (χ1v) is 9.12. The standard InChI is InChI=1S/C20H21FN4O2/c1-27-18-10-9-17-22-20(14-5-7-15(21)8-6-14)16(25(17)23-18)13-19(26)24-11-3-2-4-12-24/h5-10H,2-4,11-13H2,1H3. The van der Waals surface area contributed by atoms with Gasteiger partial charge in [0.05, 0.1) is 24.9 Å². The van der Waals surface area contributed by atoms with Crippen molar-refractivity contribution < 1.29 is 13.9 Å². The quantitative estimate of drug-likeness (QED) is 0.710. The first-order valence-electron chi connectivity index (χ1n) is 9.12. The molecule has 0 atom stereocenters. The Morgan fingerprint density at radius 1 is 1.11 bits per heavy atom. The zero-order valence-corrected chi connectivity index (χ0v) is 15.2. The van der Waals surface area contributed by atoms with Gasteiger partial charge in [-0.3, -0.25) is 4.79 Å². The summed E-state index contributed by atoms with van der Waals surface area (Å²) in [5.74, 6) is 0.190. The second-order valence-electron chi connectivity index (χ2n) is 6.68. The molecule has 0 spiro atoms. The van der Waals surface area contributed by atoms with Gasteiger partial charge in [-0.05, 0) is 49.6 Å². The minimum absolute atomic E-state index is 0.0597. The summed E-state index contributed by atoms with van der Waals surface area (Å²) in [6.07, 6.45) is 3.43. The van der Waals surface area contributed by atoms with E-state index < -0.39 is 0 Å². The van der Waals surface area contributed by atoms with Gasteiger partial charge in [-0.1, -0.05) is 0 Å². The number of fused-ring (bicyclic) bond motifs is 1. The van der Waals surface area contributed by atoms with E-state index in [4.69, 9.17) is 4.74 Å². The van der Waals surface area contributed by atoms with E-state index in [9.17, 15) is 9.18 Å². The van der Waals surface area contributed by atoms with Crippen molar-refractivity contribution in [2.45, 2.75) is 25.7 Å². The van der Waals surface area contributed by atoms with Gasteiger partial charge in [0.1, 0.15) is 5.82 Å². The van der Waals surface area contributed by atoms with Crippen molar-refractivity contribution in [3.05, 3.63) is 47.9 Å². The Bertz CT molecular complexity index is 962. The molecule has 6 nitrogen and oxygen atoms in total. The molecule has 1 amide bonds. The van der Waals surface area contributed by atoms with Crippen LogP contribution in [0.5, 0.6) is 5.88 Å². The lowest BCUT2D eigenvalue weighted by molar-refractivity contribution is -0.131. The predicted octanol–water partition coefficient (Wildman–Crippen LogP) is 3.10. The lowest BCUT2D eigenvalue weighted by Crippen LogP contribution is -2.36. The number of imidazole rings is 1. The van der Waals surface area contributed by atoms with Crippen molar-refractivity contribution in [1.82, 2.24) is 19.5 Å². The molecular formula is C20H21FN4O2. The maximum atomic E-state index is 13.3. The average molecular weight is 368 g/mol. The lowest BCUT2D eigenvalue weighted by atomic mass is 10.1. The summed E-state index contributed by atoms with van der Waals surface area (Å²) in [7, 11) is 1.55. The van der Waals surface area contributed by atoms with Gasteiger partial charge in [-0.2, -0.15) is 0 Å². The van der Waals surface area contributed by atoms with Gasteiger partial charge in [-0.15, -0.1) is 5.10 Å². The number of halogens is 1. The molecule has 0 unspecified atom stereocenters. The van der Waals surface area contributed by atoms with Crippen LogP contribution in [-0.4, -0.2) is 45.6 Å². The Morgan fingerprint density at radius 3 is 2.56 bits per heavy atom. The Hall–Kier alpha value is -2.96. The zero-order chi connectivity index (χ0) is 18.8. The molecule has 0 bridgehead atoms. The molecule has 0 N–H and O–H groups in total. The minimum Gasteiger partial charge on any atom is -0.480 e. The number of aromatic nitrogens is 3. The Labute approximate surface area is 156 Å². The topological polar surface area (TPSA) is 59.7 Å². The van der Waals surface area contributed by atoms with Crippen molar-refractivity contribution in [3.8, 4) is 17.1 Å². The highest BCUT2D eigenvalue weighted by molar-refractivity contribution is 5.81. The number of benzene rings is 1. The number of piperidine rings is 1. The molecule has 27 heavy (non-hydrogen) atoms. The number of carbonyl (C=O) groups excluding carboxylic acids is 1. The largest absolute Gasteiger partial charge is 0.480 e. The predicted molar refractivity (Wildman–Crippen MR) is 99.1 cm³/mol. The fourth-order valence-corrected chi connectivity index (χ4v) is 3.47. The van der Waals surface area contributed by atoms with Crippen LogP contribution >= 0.6 is 0 Å². The van der Waals surface area contributed by atoms with E-state index in [1.165, 1.54) is 18.6 Å². The zero-order valence-electron chi connectivity index (χ0n) is 15.2. The van der Waals surface area contributed by atoms with Crippen LogP contribution in [0, 0.1) is 5.82 Å². The molecule has 0 radical (unpaired) electrons. The normalized spacial score (nSPS) is 14.5. The van der Waals surface area contributed by atoms with Crippen LogP contribution in [0.1, 0.15) is 25.0 Å². The number of hydrogen-bond acceptors (Lipinski definition) is 4. The number of nitrogens with zero attached hydrogens (tertiary/aromatic N) is 4. The monoisotopic (exact) mass is 368 g/mol. The highest BCUT2D eigenvalue weighted by Gasteiger charge is 2.23. The van der Waals surface area contributed by atoms with E-state index in [0.29, 0.717) is 22.9 Å². The summed E-state index contributed by atoms with van der Waals surface area (Å²) >= 11 is 0. The van der Waals surface area contributed by atoms with E-state index in [-0.39, 0.29) is 18.1 Å². The molecule has 0 aliphatic carbocycles. The molecule has 1 fully saturated rings. The summed E-state index contributed by atoms with van der Waals surface area (Å²) in [5.41, 5.74) is 2.70. The van der Waals surface area contributed by atoms with Crippen LogP contribution < -0.4 is 4.74 Å². The summed E-state index contributed by atoms with van der Waals surface area (Å²) in [5, 5.41) is 4.44. The van der Waals surface area contributed by atoms with Crippen LogP contribution in [0.15, 0.2) is 36.4 Å². The third-order valence-corrected chi connectivity index (χ3v) is 4.90. The number of amides is 1. The van der Waals surface area contributed by atoms with Gasteiger partial charge >= 0.3 is 0 Å². The Morgan fingerprint density at radius 2 is 1.85 bits per heavy atom. The highest BCUT2D eigenvalue weighted by atomic mass is 19.1. The van der Waals surface area contributed by atoms with E-state index in [2.05, 4.69) is 10.1 Å². The summed E-state index contributed by atoms with van der Waals surface area (Å²) in [6.45, 7) is 1.58. The average Bonchev–Trinajstić information content (AvgIpc) is 3.06. The molecule has 7 heteroatoms. The van der Waals surface area contributed by atoms with Crippen LogP contribution in [0.3, 0.4) is 0 Å². The molecule has 3 aromatic rings. The Kier molecular flexibility index (Phi) is 4.75. The van der Waals surface area contributed by atoms with E-state index in [0.717, 1.165) is 31.5 Å². The van der Waals surface area contributed by atoms with Gasteiger partial charge < -0.3 is 9.64 Å². The summed E-state index contributed by atoms with van der Waals surface area (Å²) in [4.78, 5) is 19.4. The second-order valence-corrected chi connectivity index (χ2v) is 6.68. The molecular weight excluding hydrogens is 347 g/mol. The highest BCUT2D eigenvalue weighted by Crippen LogP contribution is 2.26. The molecule has 1 aromatic carbocycles. The minimum atomic E-state index is -0.312. The van der Waals surface area contributed by atoms with E-state index in [1.54, 1.807) is 35.9 Å². The fraction of sp³-hybridized carbons (Fsp3) is 0.350. The number of methoxy groups -OCH3 is 1. The maximum absolute atomic E-state index is 13.3. The van der Waals surface area contributed by atoms with Crippen LogP contribution in [0.2, 0.25) is 0 Å². The molecule has 4 rings (SSSR count). The van der Waals surface area contributed by atoms with Crippen molar-refractivity contribution in [3.63, 3.8) is 0 Å². The molecule has 3 heterocycles. The van der Waals surface area contributed by atoms with Crippen LogP contribution in [0.4, 0.5) is 4.39 Å². The number of rotatable bonds is 4. The van der Waals surface area contributed by atoms with Crippen molar-refractivity contribution >= 4 is 11.6 Å². The van der Waals surface area contributed by atoms with Crippen molar-refractivity contribution in [1.29, 1.82) is 0 Å². The van der Waals surface area contributed by atoms with Gasteiger partial charge in [0.2, 0.25) is 11.8 Å². The first kappa shape index (κ1) is 17.5. The number of likely N-dealkylation sites (tertiary alicyclic amines) is 1. The van der Waals surface area contributed by atoms with E-state index >= 15 is 0 Å². The van der Waals surface area contributed by atoms with Gasteiger partial charge in [0.25, 0.3) is 0 Å². The SMILES string of the molecule is COc1ccc2nc(-c3ccc(F)cc3)c(CC(=O)N3CCCCC3)n2n1. The molecule has 1 aliphatic rings. The first-order chi connectivity index (χ1) is 13.2. The third kappa shape index (κ3) is 3.49. The van der Waals surface area contributed by atoms with Gasteiger partial charge in [0, 0.05) is 24.7 Å². The Balaban J connectivity index is 1.78. The van der Waals surface area contributed by atoms with Crippen LogP contribution in [0.25, 0.3) is 16.9 Å². The van der Waals surface area contributed by atoms with Crippen molar-refractivity contribution in [2.75, 3.05) is 20.2 Å². The molecule has 1 aliphatic heterocycles. The number of hydrogen-bond donors (Lipinski definition) is 0. The lowest BCUT2D eigenvalue weighted by Gasteiger charge is -2.26. The maximum Gasteiger partial charge on any atom is 0.231 e. The fourth-order valence-electron chi connectivity index (χ4n) is 3.47. The van der Waals surface area contributed by atoms with Crippen molar-refractivity contribution in [2.24, 2.45) is 0 Å². The second kappa shape index (κ2) is 7.34. The number of ether oxygens (including phenoxy) is 1. The molecule has 2 aromatic heterocycles. The summed E-state index contributed by atoms with van der Waals surface area (Å²) in [6, 6.07) is 9.65. The van der Waals surface area contributed by atoms with Crippen LogP contribution in [-0.2, 0) is 11.2 Å². The smallest absolute Gasteiger partial charge is 0.231 e.